The van der Waals surface area contributed by atoms with E-state index in [0.717, 1.165) is 0 Å². The van der Waals surface area contributed by atoms with Crippen molar-refractivity contribution in [2.75, 3.05) is 6.61 Å². The first-order valence-electron chi connectivity index (χ1n) is 2.27. The van der Waals surface area contributed by atoms with Gasteiger partial charge in [-0.3, -0.25) is 0 Å². The molecule has 0 saturated heterocycles. The average Bonchev–Trinajstić information content (AvgIpc) is 1.90. The van der Waals surface area contributed by atoms with Gasteiger partial charge in [0.1, 0.15) is 6.61 Å². The third-order valence-electron chi connectivity index (χ3n) is 0.324. The lowest BCUT2D eigenvalue weighted by atomic mass is 10.7. The van der Waals surface area contributed by atoms with Gasteiger partial charge in [0, 0.05) is 0 Å². The minimum atomic E-state index is -2.91. The van der Waals surface area contributed by atoms with Crippen molar-refractivity contribution in [2.24, 2.45) is 0 Å². The highest BCUT2D eigenvalue weighted by Crippen LogP contribution is 2.08. The lowest BCUT2D eigenvalue weighted by Crippen LogP contribution is -1.70. The van der Waals surface area contributed by atoms with Gasteiger partial charge in [-0.25, -0.2) is 0 Å². The Morgan fingerprint density at radius 3 is 1.55 bits per heavy atom. The molecule has 0 N–H and O–H groups in total. The van der Waals surface area contributed by atoms with Crippen LogP contribution < -0.4 is 0 Å². The summed E-state index contributed by atoms with van der Waals surface area (Å²) in [5.41, 5.74) is 0. The van der Waals surface area contributed by atoms with Crippen LogP contribution in [0.4, 0.5) is 22.1 Å². The summed E-state index contributed by atoms with van der Waals surface area (Å²) in [6.45, 7) is 3.17. The summed E-state index contributed by atoms with van der Waals surface area (Å²) in [7, 11) is 0. The molecular formula is C5H5F5O. The first-order valence-corrected chi connectivity index (χ1v) is 2.27. The van der Waals surface area contributed by atoms with E-state index in [-0.39, 0.29) is 6.61 Å². The Kier molecular flexibility index (Phi) is 10.5. The molecule has 0 amide bonds. The second-order valence-corrected chi connectivity index (χ2v) is 1.09. The zero-order valence-electron chi connectivity index (χ0n) is 5.29. The minimum absolute atomic E-state index is 0.0139. The van der Waals surface area contributed by atoms with Crippen LogP contribution in [0.15, 0.2) is 24.8 Å². The third kappa shape index (κ3) is 17.6. The van der Waals surface area contributed by atoms with Crippen molar-refractivity contribution in [2.45, 2.75) is 0 Å². The summed E-state index contributed by atoms with van der Waals surface area (Å²) in [6, 6.07) is 0. The highest BCUT2D eigenvalue weighted by molar-refractivity contribution is 4.77. The predicted octanol–water partition coefficient (Wildman–Crippen LogP) is 3.06. The normalized spacial score (nSPS) is 7.73. The SMILES string of the molecule is C=CCOF.FC(F)=C(F)F. The minimum Gasteiger partial charge on any atom is -0.190 e. The molecule has 0 aromatic rings. The number of hydrogen-bond donors (Lipinski definition) is 0. The molecule has 0 aliphatic heterocycles. The van der Waals surface area contributed by atoms with E-state index < -0.39 is 12.2 Å². The van der Waals surface area contributed by atoms with Gasteiger partial charge in [-0.05, 0) is 4.53 Å². The van der Waals surface area contributed by atoms with Crippen LogP contribution >= 0.6 is 0 Å². The molecule has 0 heterocycles. The van der Waals surface area contributed by atoms with Crippen LogP contribution in [-0.2, 0) is 4.94 Å². The topological polar surface area (TPSA) is 9.23 Å². The van der Waals surface area contributed by atoms with Crippen LogP contribution in [0, 0.1) is 0 Å². The smallest absolute Gasteiger partial charge is 0.190 e. The highest BCUT2D eigenvalue weighted by atomic mass is 19.3. The van der Waals surface area contributed by atoms with Crippen LogP contribution in [0.25, 0.3) is 0 Å². The first-order chi connectivity index (χ1) is 5.06. The monoisotopic (exact) mass is 176 g/mol. The summed E-state index contributed by atoms with van der Waals surface area (Å²) >= 11 is 0. The number of hydrogen-bond acceptors (Lipinski definition) is 1. The highest BCUT2D eigenvalue weighted by Gasteiger charge is 1.98. The molecule has 0 aliphatic rings. The largest absolute Gasteiger partial charge is 0.334 e. The van der Waals surface area contributed by atoms with Crippen molar-refractivity contribution in [3.63, 3.8) is 0 Å². The summed E-state index contributed by atoms with van der Waals surface area (Å²) in [5, 5.41) is 0. The van der Waals surface area contributed by atoms with Gasteiger partial charge in [0.05, 0.1) is 0 Å². The molecule has 0 rings (SSSR count). The van der Waals surface area contributed by atoms with E-state index in [9.17, 15) is 22.1 Å². The molecule has 0 aromatic carbocycles. The Hall–Kier alpha value is -0.910. The van der Waals surface area contributed by atoms with Gasteiger partial charge >= 0.3 is 12.2 Å². The van der Waals surface area contributed by atoms with E-state index in [1.807, 2.05) is 0 Å². The first kappa shape index (κ1) is 12.7. The molecule has 0 atom stereocenters. The standard InChI is InChI=1S/C3H5FO.C2F4/c1-2-3-5-4;3-1(4)2(5)6/h2H,1,3H2;. The average molecular weight is 176 g/mol. The van der Waals surface area contributed by atoms with Gasteiger partial charge in [-0.1, -0.05) is 6.08 Å². The fourth-order valence-corrected chi connectivity index (χ4v) is 0.0445. The van der Waals surface area contributed by atoms with Crippen LogP contribution in [0.1, 0.15) is 0 Å². The molecular weight excluding hydrogens is 171 g/mol. The van der Waals surface area contributed by atoms with Gasteiger partial charge in [-0.15, -0.1) is 6.58 Å². The van der Waals surface area contributed by atoms with Crippen LogP contribution in [-0.4, -0.2) is 6.61 Å². The van der Waals surface area contributed by atoms with Crippen molar-refractivity contribution in [3.8, 4) is 0 Å². The lowest BCUT2D eigenvalue weighted by Gasteiger charge is -1.72. The van der Waals surface area contributed by atoms with Crippen molar-refractivity contribution in [1.82, 2.24) is 0 Å². The molecule has 0 aromatic heterocycles. The van der Waals surface area contributed by atoms with Crippen LogP contribution in [0.5, 0.6) is 0 Å². The quantitative estimate of drug-likeness (QED) is 0.464. The molecule has 0 saturated carbocycles. The Balaban J connectivity index is 0. The maximum atomic E-state index is 10.4. The van der Waals surface area contributed by atoms with Gasteiger partial charge in [0.2, 0.25) is 0 Å². The van der Waals surface area contributed by atoms with Gasteiger partial charge in [-0.2, -0.15) is 22.5 Å². The molecule has 66 valence electrons. The maximum Gasteiger partial charge on any atom is 0.334 e. The Morgan fingerprint density at radius 2 is 1.55 bits per heavy atom. The van der Waals surface area contributed by atoms with Crippen molar-refractivity contribution < 1.29 is 27.0 Å². The van der Waals surface area contributed by atoms with E-state index in [4.69, 9.17) is 0 Å². The number of rotatable bonds is 2. The molecule has 0 radical (unpaired) electrons. The Bertz CT molecular complexity index is 115. The van der Waals surface area contributed by atoms with Gasteiger partial charge < -0.3 is 0 Å². The van der Waals surface area contributed by atoms with E-state index in [1.165, 1.54) is 6.08 Å². The van der Waals surface area contributed by atoms with Gasteiger partial charge in [0.25, 0.3) is 0 Å². The number of halogens is 5. The molecule has 0 fully saturated rings. The van der Waals surface area contributed by atoms with Crippen molar-refractivity contribution in [1.29, 1.82) is 0 Å². The summed E-state index contributed by atoms with van der Waals surface area (Å²) in [5.74, 6) is 0. The van der Waals surface area contributed by atoms with E-state index >= 15 is 0 Å². The van der Waals surface area contributed by atoms with Crippen LogP contribution in [0.2, 0.25) is 0 Å². The second-order valence-electron chi connectivity index (χ2n) is 1.09. The van der Waals surface area contributed by atoms with Gasteiger partial charge in [0.15, 0.2) is 0 Å². The summed E-state index contributed by atoms with van der Waals surface area (Å²) < 4.78 is 51.6. The zero-order valence-corrected chi connectivity index (χ0v) is 5.29. The fraction of sp³-hybridized carbons (Fsp3) is 0.200. The fourth-order valence-electron chi connectivity index (χ4n) is 0.0445. The van der Waals surface area contributed by atoms with E-state index in [0.29, 0.717) is 0 Å². The van der Waals surface area contributed by atoms with E-state index in [1.54, 1.807) is 0 Å². The molecule has 0 aliphatic carbocycles. The third-order valence-corrected chi connectivity index (χ3v) is 0.324. The van der Waals surface area contributed by atoms with E-state index in [2.05, 4.69) is 11.5 Å². The lowest BCUT2D eigenvalue weighted by molar-refractivity contribution is -0.117. The Morgan fingerprint density at radius 1 is 1.18 bits per heavy atom. The molecule has 11 heavy (non-hydrogen) atoms. The second kappa shape index (κ2) is 9.09. The van der Waals surface area contributed by atoms with Crippen molar-refractivity contribution in [3.05, 3.63) is 24.8 Å². The molecule has 0 spiro atoms. The molecule has 6 heteroatoms. The molecule has 0 unspecified atom stereocenters. The maximum absolute atomic E-state index is 10.4. The zero-order chi connectivity index (χ0) is 9.28. The predicted molar refractivity (Wildman–Crippen MR) is 28.7 cm³/mol. The Labute approximate surface area is 59.7 Å². The summed E-state index contributed by atoms with van der Waals surface area (Å²) in [4.78, 5) is 3.07. The van der Waals surface area contributed by atoms with Crippen LogP contribution in [0.3, 0.4) is 0 Å². The van der Waals surface area contributed by atoms with Crippen molar-refractivity contribution >= 4 is 0 Å². The summed E-state index contributed by atoms with van der Waals surface area (Å²) in [6.07, 6.45) is -4.48. The molecule has 0 bridgehead atoms. The molecule has 1 nitrogen and oxygen atoms in total.